The first-order valence-corrected chi connectivity index (χ1v) is 7.77. The number of primary amides is 1. The molecule has 2 fully saturated rings. The minimum atomic E-state index is -0.392. The molecular formula is C14H18ClN4O+. The monoisotopic (exact) mass is 293 g/mol. The van der Waals surface area contributed by atoms with Crippen molar-refractivity contribution >= 4 is 23.3 Å². The highest BCUT2D eigenvalue weighted by atomic mass is 35.5. The lowest BCUT2D eigenvalue weighted by molar-refractivity contribution is -0.555. The lowest BCUT2D eigenvalue weighted by Gasteiger charge is -2.36. The van der Waals surface area contributed by atoms with E-state index in [-0.39, 0.29) is 11.2 Å². The summed E-state index contributed by atoms with van der Waals surface area (Å²) in [7, 11) is 0. The molecule has 2 aliphatic heterocycles. The van der Waals surface area contributed by atoms with E-state index in [0.717, 1.165) is 43.6 Å². The van der Waals surface area contributed by atoms with Crippen LogP contribution in [0.3, 0.4) is 0 Å². The van der Waals surface area contributed by atoms with Gasteiger partial charge in [-0.15, -0.1) is 0 Å². The van der Waals surface area contributed by atoms with Crippen molar-refractivity contribution in [2.75, 3.05) is 11.4 Å². The van der Waals surface area contributed by atoms with Crippen LogP contribution in [0, 0.1) is 0 Å². The van der Waals surface area contributed by atoms with Crippen LogP contribution >= 0.6 is 11.6 Å². The fourth-order valence-electron chi connectivity index (χ4n) is 4.17. The van der Waals surface area contributed by atoms with Crippen molar-refractivity contribution in [3.8, 4) is 0 Å². The molecule has 1 atom stereocenters. The van der Waals surface area contributed by atoms with E-state index in [1.54, 1.807) is 6.20 Å². The Bertz CT molecular complexity index is 572. The number of nitrogens with two attached hydrogens (primary N) is 1. The highest BCUT2D eigenvalue weighted by molar-refractivity contribution is 6.28. The fourth-order valence-corrected chi connectivity index (χ4v) is 4.30. The molecule has 1 saturated carbocycles. The molecular weight excluding hydrogens is 276 g/mol. The van der Waals surface area contributed by atoms with Crippen LogP contribution < -0.4 is 10.2 Å². The zero-order valence-corrected chi connectivity index (χ0v) is 12.1. The van der Waals surface area contributed by atoms with Crippen molar-refractivity contribution in [1.82, 2.24) is 9.97 Å². The maximum atomic E-state index is 12.5. The molecule has 1 saturated heterocycles. The van der Waals surface area contributed by atoms with Crippen LogP contribution in [0.1, 0.15) is 37.7 Å². The summed E-state index contributed by atoms with van der Waals surface area (Å²) in [5, 5.41) is 2.13. The predicted octanol–water partition coefficient (Wildman–Crippen LogP) is 0.668. The van der Waals surface area contributed by atoms with E-state index < -0.39 is 5.54 Å². The minimum Gasteiger partial charge on any atom is -0.335 e. The quantitative estimate of drug-likeness (QED) is 0.773. The molecule has 6 heteroatoms. The van der Waals surface area contributed by atoms with Gasteiger partial charge in [-0.1, -0.05) is 12.8 Å². The summed E-state index contributed by atoms with van der Waals surface area (Å²) in [5.74, 6) is 1.17. The van der Waals surface area contributed by atoms with Crippen molar-refractivity contribution in [1.29, 1.82) is 0 Å². The van der Waals surface area contributed by atoms with E-state index in [2.05, 4.69) is 14.9 Å². The number of quaternary nitrogens is 1. The number of carbonyl (C=O) groups excluding carboxylic acids is 1. The van der Waals surface area contributed by atoms with Crippen molar-refractivity contribution in [3.63, 3.8) is 0 Å². The zero-order chi connectivity index (χ0) is 13.7. The smallest absolute Gasteiger partial charge is 0.335 e. The van der Waals surface area contributed by atoms with Gasteiger partial charge in [-0.25, -0.2) is 14.8 Å². The van der Waals surface area contributed by atoms with Gasteiger partial charge in [0.05, 0.1) is 6.54 Å². The molecule has 3 heterocycles. The van der Waals surface area contributed by atoms with Crippen LogP contribution in [0.15, 0.2) is 6.20 Å². The number of fused-ring (bicyclic) bond motifs is 1. The van der Waals surface area contributed by atoms with Crippen molar-refractivity contribution in [3.05, 3.63) is 17.0 Å². The summed E-state index contributed by atoms with van der Waals surface area (Å²) in [6.07, 6.45) is 8.22. The highest BCUT2D eigenvalue weighted by Crippen LogP contribution is 2.44. The SMILES string of the molecule is O=C1[NH2+]CCC12Cc1cnc(Cl)nc1N2C1CCCC1. The number of nitrogens with zero attached hydrogens (tertiary/aromatic N) is 3. The Labute approximate surface area is 122 Å². The molecule has 2 N–H and O–H groups in total. The van der Waals surface area contributed by atoms with Gasteiger partial charge >= 0.3 is 5.91 Å². The van der Waals surface area contributed by atoms with Gasteiger partial charge in [-0.2, -0.15) is 0 Å². The minimum absolute atomic E-state index is 0.263. The van der Waals surface area contributed by atoms with Crippen LogP contribution in [-0.4, -0.2) is 34.0 Å². The molecule has 1 aromatic rings. The number of carbonyl (C=O) groups is 1. The van der Waals surface area contributed by atoms with Crippen LogP contribution in [0.2, 0.25) is 5.28 Å². The lowest BCUT2D eigenvalue weighted by atomic mass is 9.91. The third kappa shape index (κ3) is 1.63. The molecule has 106 valence electrons. The Morgan fingerprint density at radius 1 is 1.40 bits per heavy atom. The Balaban J connectivity index is 1.84. The molecule has 1 amide bonds. The third-order valence-electron chi connectivity index (χ3n) is 5.02. The van der Waals surface area contributed by atoms with Crippen LogP contribution in [0.4, 0.5) is 5.82 Å². The first-order chi connectivity index (χ1) is 9.71. The van der Waals surface area contributed by atoms with Crippen molar-refractivity contribution < 1.29 is 10.1 Å². The molecule has 3 aliphatic rings. The van der Waals surface area contributed by atoms with Gasteiger partial charge in [0.1, 0.15) is 5.82 Å². The molecule has 5 nitrogen and oxygen atoms in total. The first kappa shape index (κ1) is 12.5. The second kappa shape index (κ2) is 4.40. The predicted molar refractivity (Wildman–Crippen MR) is 74.6 cm³/mol. The standard InChI is InChI=1S/C14H17ClN4O/c15-13-17-8-9-7-14(5-6-16-12(14)20)19(11(9)18-13)10-3-1-2-4-10/h8,10H,1-7H2,(H,16,20)/p+1. The number of halogens is 1. The summed E-state index contributed by atoms with van der Waals surface area (Å²) >= 11 is 5.99. The molecule has 1 aromatic heterocycles. The molecule has 0 bridgehead atoms. The molecule has 0 radical (unpaired) electrons. The first-order valence-electron chi connectivity index (χ1n) is 7.39. The van der Waals surface area contributed by atoms with Gasteiger partial charge in [-0.3, -0.25) is 5.32 Å². The second-order valence-corrected chi connectivity index (χ2v) is 6.45. The summed E-state index contributed by atoms with van der Waals surface area (Å²) in [4.78, 5) is 23.4. The molecule has 1 aliphatic carbocycles. The highest BCUT2D eigenvalue weighted by Gasteiger charge is 2.58. The van der Waals surface area contributed by atoms with E-state index in [4.69, 9.17) is 11.6 Å². The Morgan fingerprint density at radius 2 is 2.20 bits per heavy atom. The van der Waals surface area contributed by atoms with E-state index in [1.807, 2.05) is 5.32 Å². The molecule has 0 aromatic carbocycles. The summed E-state index contributed by atoms with van der Waals surface area (Å²) in [6.45, 7) is 0.872. The number of hydrogen-bond donors (Lipinski definition) is 1. The number of hydrogen-bond acceptors (Lipinski definition) is 4. The Kier molecular flexibility index (Phi) is 2.76. The van der Waals surface area contributed by atoms with E-state index in [9.17, 15) is 4.79 Å². The normalized spacial score (nSPS) is 29.6. The van der Waals surface area contributed by atoms with E-state index in [1.165, 1.54) is 12.8 Å². The van der Waals surface area contributed by atoms with Gasteiger partial charge < -0.3 is 4.90 Å². The maximum absolute atomic E-state index is 12.5. The molecule has 1 unspecified atom stereocenters. The average Bonchev–Trinajstić information content (AvgIpc) is 3.11. The number of anilines is 1. The van der Waals surface area contributed by atoms with Gasteiger partial charge in [0.15, 0.2) is 5.54 Å². The molecule has 20 heavy (non-hydrogen) atoms. The summed E-state index contributed by atoms with van der Waals surface area (Å²) in [5.41, 5.74) is 0.682. The Morgan fingerprint density at radius 3 is 2.90 bits per heavy atom. The van der Waals surface area contributed by atoms with Crippen LogP contribution in [0.25, 0.3) is 0 Å². The second-order valence-electron chi connectivity index (χ2n) is 6.11. The summed E-state index contributed by atoms with van der Waals surface area (Å²) in [6, 6.07) is 0.428. The van der Waals surface area contributed by atoms with Crippen molar-refractivity contribution in [2.24, 2.45) is 0 Å². The van der Waals surface area contributed by atoms with Gasteiger partial charge in [-0.05, 0) is 24.4 Å². The number of amides is 1. The lowest BCUT2D eigenvalue weighted by Crippen LogP contribution is -2.88. The Hall–Kier alpha value is -1.20. The fraction of sp³-hybridized carbons (Fsp3) is 0.643. The number of aromatic nitrogens is 2. The average molecular weight is 294 g/mol. The topological polar surface area (TPSA) is 62.7 Å². The largest absolute Gasteiger partial charge is 0.336 e. The summed E-state index contributed by atoms with van der Waals surface area (Å²) < 4.78 is 0. The molecule has 1 spiro atoms. The number of rotatable bonds is 1. The van der Waals surface area contributed by atoms with E-state index in [0.29, 0.717) is 6.04 Å². The van der Waals surface area contributed by atoms with Crippen LogP contribution in [0.5, 0.6) is 0 Å². The third-order valence-corrected chi connectivity index (χ3v) is 5.20. The van der Waals surface area contributed by atoms with Crippen molar-refractivity contribution in [2.45, 2.75) is 50.1 Å². The van der Waals surface area contributed by atoms with Gasteiger partial charge in [0.25, 0.3) is 0 Å². The van der Waals surface area contributed by atoms with E-state index >= 15 is 0 Å². The zero-order valence-electron chi connectivity index (χ0n) is 11.3. The maximum Gasteiger partial charge on any atom is 0.336 e. The van der Waals surface area contributed by atoms with Gasteiger partial charge in [0, 0.05) is 30.6 Å². The molecule has 4 rings (SSSR count). The van der Waals surface area contributed by atoms with Crippen LogP contribution in [-0.2, 0) is 11.2 Å². The van der Waals surface area contributed by atoms with Gasteiger partial charge in [0.2, 0.25) is 5.28 Å².